The number of unbranched alkanes of at least 4 members (excludes halogenated alkanes) is 3. The van der Waals surface area contributed by atoms with Crippen LogP contribution >= 0.6 is 0 Å². The average Bonchev–Trinajstić information content (AvgIpc) is 2.42. The van der Waals surface area contributed by atoms with Gasteiger partial charge in [-0.3, -0.25) is 0 Å². The molecule has 2 aromatic carbocycles. The second-order valence-corrected chi connectivity index (χ2v) is 4.98. The molecule has 0 saturated heterocycles. The van der Waals surface area contributed by atoms with E-state index in [4.69, 9.17) is 5.11 Å². The number of aryl methyl sites for hydroxylation is 1. The molecule has 0 spiro atoms. The van der Waals surface area contributed by atoms with E-state index < -0.39 is 5.97 Å². The summed E-state index contributed by atoms with van der Waals surface area (Å²) < 4.78 is 0. The predicted octanol–water partition coefficient (Wildman–Crippen LogP) is 4.66. The van der Waals surface area contributed by atoms with E-state index in [0.29, 0.717) is 5.56 Å². The number of fused-ring (bicyclic) bond motifs is 1. The molecule has 0 unspecified atom stereocenters. The summed E-state index contributed by atoms with van der Waals surface area (Å²) in [5.74, 6) is -0.860. The normalized spacial score (nSPS) is 10.8. The molecule has 2 rings (SSSR count). The van der Waals surface area contributed by atoms with E-state index >= 15 is 0 Å². The van der Waals surface area contributed by atoms with Crippen LogP contribution < -0.4 is 0 Å². The Morgan fingerprint density at radius 2 is 1.95 bits per heavy atom. The first kappa shape index (κ1) is 13.6. The molecule has 2 nitrogen and oxygen atoms in total. The lowest BCUT2D eigenvalue weighted by molar-refractivity contribution is 0.0699. The number of hydrogen-bond acceptors (Lipinski definition) is 1. The van der Waals surface area contributed by atoms with Crippen LogP contribution in [0.15, 0.2) is 36.4 Å². The third kappa shape index (κ3) is 3.34. The molecule has 0 radical (unpaired) electrons. The van der Waals surface area contributed by atoms with Crippen molar-refractivity contribution in [3.05, 3.63) is 47.5 Å². The van der Waals surface area contributed by atoms with Gasteiger partial charge < -0.3 is 5.11 Å². The predicted molar refractivity (Wildman–Crippen MR) is 78.8 cm³/mol. The van der Waals surface area contributed by atoms with Gasteiger partial charge in [-0.05, 0) is 35.2 Å². The smallest absolute Gasteiger partial charge is 0.336 e. The number of aromatic carboxylic acids is 1. The number of carbonyl (C=O) groups is 1. The van der Waals surface area contributed by atoms with E-state index in [-0.39, 0.29) is 0 Å². The highest BCUT2D eigenvalue weighted by atomic mass is 16.4. The van der Waals surface area contributed by atoms with Crippen molar-refractivity contribution in [3.63, 3.8) is 0 Å². The Labute approximate surface area is 114 Å². The number of rotatable bonds is 6. The lowest BCUT2D eigenvalue weighted by atomic mass is 9.99. The average molecular weight is 256 g/mol. The summed E-state index contributed by atoms with van der Waals surface area (Å²) >= 11 is 0. The maximum atomic E-state index is 11.1. The molecule has 0 aliphatic heterocycles. The van der Waals surface area contributed by atoms with Gasteiger partial charge in [0, 0.05) is 0 Å². The highest BCUT2D eigenvalue weighted by molar-refractivity contribution is 6.03. The van der Waals surface area contributed by atoms with Crippen LogP contribution in [0.3, 0.4) is 0 Å². The summed E-state index contributed by atoms with van der Waals surface area (Å²) in [7, 11) is 0. The van der Waals surface area contributed by atoms with Crippen LogP contribution in [0, 0.1) is 0 Å². The number of benzene rings is 2. The van der Waals surface area contributed by atoms with Crippen molar-refractivity contribution < 1.29 is 9.90 Å². The highest BCUT2D eigenvalue weighted by Crippen LogP contribution is 2.21. The molecule has 0 atom stereocenters. The van der Waals surface area contributed by atoms with Crippen LogP contribution in [-0.2, 0) is 6.42 Å². The fourth-order valence-corrected chi connectivity index (χ4v) is 2.43. The zero-order valence-corrected chi connectivity index (χ0v) is 11.4. The third-order valence-electron chi connectivity index (χ3n) is 3.49. The molecular weight excluding hydrogens is 236 g/mol. The molecule has 19 heavy (non-hydrogen) atoms. The van der Waals surface area contributed by atoms with Crippen LogP contribution in [0.1, 0.15) is 48.5 Å². The van der Waals surface area contributed by atoms with Crippen molar-refractivity contribution in [2.75, 3.05) is 0 Å². The van der Waals surface area contributed by atoms with Crippen molar-refractivity contribution in [2.24, 2.45) is 0 Å². The molecule has 2 heteroatoms. The minimum absolute atomic E-state index is 0.384. The van der Waals surface area contributed by atoms with Gasteiger partial charge in [0.15, 0.2) is 0 Å². The molecule has 0 saturated carbocycles. The van der Waals surface area contributed by atoms with Gasteiger partial charge in [0.05, 0.1) is 5.56 Å². The Morgan fingerprint density at radius 1 is 1.11 bits per heavy atom. The number of carboxylic acids is 1. The zero-order chi connectivity index (χ0) is 13.7. The van der Waals surface area contributed by atoms with Crippen molar-refractivity contribution in [2.45, 2.75) is 39.0 Å². The molecular formula is C17H20O2. The molecule has 1 N–H and O–H groups in total. The number of hydrogen-bond donors (Lipinski definition) is 1. The minimum atomic E-state index is -0.860. The monoisotopic (exact) mass is 256 g/mol. The summed E-state index contributed by atoms with van der Waals surface area (Å²) in [4.78, 5) is 11.1. The molecule has 100 valence electrons. The summed E-state index contributed by atoms with van der Waals surface area (Å²) in [5.41, 5.74) is 1.68. The lowest BCUT2D eigenvalue weighted by Gasteiger charge is -2.06. The zero-order valence-electron chi connectivity index (χ0n) is 11.4. The third-order valence-corrected chi connectivity index (χ3v) is 3.49. The van der Waals surface area contributed by atoms with Crippen LogP contribution in [-0.4, -0.2) is 11.1 Å². The maximum absolute atomic E-state index is 11.1. The van der Waals surface area contributed by atoms with Crippen molar-refractivity contribution in [3.8, 4) is 0 Å². The van der Waals surface area contributed by atoms with Crippen LogP contribution in [0.5, 0.6) is 0 Å². The van der Waals surface area contributed by atoms with E-state index in [0.717, 1.165) is 17.2 Å². The minimum Gasteiger partial charge on any atom is -0.478 e. The van der Waals surface area contributed by atoms with E-state index in [1.54, 1.807) is 6.07 Å². The molecule has 0 heterocycles. The van der Waals surface area contributed by atoms with Gasteiger partial charge in [-0.25, -0.2) is 4.79 Å². The molecule has 0 aliphatic carbocycles. The van der Waals surface area contributed by atoms with Crippen LogP contribution in [0.2, 0.25) is 0 Å². The molecule has 0 aromatic heterocycles. The van der Waals surface area contributed by atoms with E-state index in [1.807, 2.05) is 18.2 Å². The van der Waals surface area contributed by atoms with E-state index in [1.165, 1.54) is 31.2 Å². The summed E-state index contributed by atoms with van der Waals surface area (Å²) in [6.45, 7) is 2.21. The number of carboxylic acid groups (broad SMARTS) is 1. The Morgan fingerprint density at radius 3 is 2.68 bits per heavy atom. The van der Waals surface area contributed by atoms with Crippen LogP contribution in [0.4, 0.5) is 0 Å². The SMILES string of the molecule is CCCCCCc1ccc2c(C(=O)O)cccc2c1. The van der Waals surface area contributed by atoms with Gasteiger partial charge in [0.25, 0.3) is 0 Å². The molecule has 0 fully saturated rings. The Kier molecular flexibility index (Phi) is 4.56. The lowest BCUT2D eigenvalue weighted by Crippen LogP contribution is -1.97. The standard InChI is InChI=1S/C17H20O2/c1-2-3-4-5-7-13-10-11-15-14(12-13)8-6-9-16(15)17(18)19/h6,8-12H,2-5,7H2,1H3,(H,18,19). The Hall–Kier alpha value is -1.83. The molecule has 0 bridgehead atoms. The second kappa shape index (κ2) is 6.37. The molecule has 2 aromatic rings. The largest absolute Gasteiger partial charge is 0.478 e. The van der Waals surface area contributed by atoms with Gasteiger partial charge in [-0.15, -0.1) is 0 Å². The van der Waals surface area contributed by atoms with Gasteiger partial charge >= 0.3 is 5.97 Å². The van der Waals surface area contributed by atoms with Gasteiger partial charge in [-0.1, -0.05) is 56.5 Å². The Bertz CT molecular complexity index is 572. The van der Waals surface area contributed by atoms with Gasteiger partial charge in [0.1, 0.15) is 0 Å². The quantitative estimate of drug-likeness (QED) is 0.763. The van der Waals surface area contributed by atoms with Crippen molar-refractivity contribution in [1.29, 1.82) is 0 Å². The first-order valence-corrected chi connectivity index (χ1v) is 6.97. The second-order valence-electron chi connectivity index (χ2n) is 4.98. The van der Waals surface area contributed by atoms with Crippen LogP contribution in [0.25, 0.3) is 10.8 Å². The first-order valence-electron chi connectivity index (χ1n) is 6.97. The van der Waals surface area contributed by atoms with E-state index in [2.05, 4.69) is 19.1 Å². The Balaban J connectivity index is 2.19. The molecule has 0 aliphatic rings. The van der Waals surface area contributed by atoms with Crippen molar-refractivity contribution >= 4 is 16.7 Å². The van der Waals surface area contributed by atoms with Gasteiger partial charge in [0.2, 0.25) is 0 Å². The highest BCUT2D eigenvalue weighted by Gasteiger charge is 2.07. The van der Waals surface area contributed by atoms with Gasteiger partial charge in [-0.2, -0.15) is 0 Å². The summed E-state index contributed by atoms with van der Waals surface area (Å²) in [6.07, 6.45) is 6.09. The summed E-state index contributed by atoms with van der Waals surface area (Å²) in [6, 6.07) is 11.6. The topological polar surface area (TPSA) is 37.3 Å². The molecule has 0 amide bonds. The maximum Gasteiger partial charge on any atom is 0.336 e. The fraction of sp³-hybridized carbons (Fsp3) is 0.353. The van der Waals surface area contributed by atoms with E-state index in [9.17, 15) is 4.79 Å². The van der Waals surface area contributed by atoms with Crippen molar-refractivity contribution in [1.82, 2.24) is 0 Å². The first-order chi connectivity index (χ1) is 9.22. The fourth-order valence-electron chi connectivity index (χ4n) is 2.43. The summed E-state index contributed by atoms with van der Waals surface area (Å²) in [5, 5.41) is 11.0.